The highest BCUT2D eigenvalue weighted by Gasteiger charge is 2.20. The molecule has 0 saturated heterocycles. The van der Waals surface area contributed by atoms with Crippen LogP contribution in [-0.2, 0) is 14.8 Å². The van der Waals surface area contributed by atoms with Crippen molar-refractivity contribution >= 4 is 33.2 Å². The van der Waals surface area contributed by atoms with E-state index in [0.717, 1.165) is 17.7 Å². The standard InChI is InChI=1S/C22H19ClF2N2O4S/c1-14(15-6-3-2-4-7-15)27-32(29,30)16-10-11-20(17(23)12-16)31-13-21(28)26-22-18(24)8-5-9-19(22)25/h2-12,14,27H,13H2,1H3,(H,26,28)/t14-/m0/s1. The summed E-state index contributed by atoms with van der Waals surface area (Å²) in [5.74, 6) is -2.64. The monoisotopic (exact) mass is 480 g/mol. The molecule has 0 heterocycles. The molecule has 32 heavy (non-hydrogen) atoms. The number of rotatable bonds is 8. The van der Waals surface area contributed by atoms with Crippen LogP contribution in [0.2, 0.25) is 5.02 Å². The molecule has 0 spiro atoms. The van der Waals surface area contributed by atoms with Gasteiger partial charge >= 0.3 is 0 Å². The van der Waals surface area contributed by atoms with E-state index in [1.807, 2.05) is 6.07 Å². The molecule has 0 aliphatic heterocycles. The minimum absolute atomic E-state index is 0.0332. The second kappa shape index (κ2) is 10.1. The SMILES string of the molecule is C[C@H](NS(=O)(=O)c1ccc(OCC(=O)Nc2c(F)cccc2F)c(Cl)c1)c1ccccc1. The van der Waals surface area contributed by atoms with Crippen LogP contribution in [0.4, 0.5) is 14.5 Å². The Kier molecular flexibility index (Phi) is 7.44. The lowest BCUT2D eigenvalue weighted by Crippen LogP contribution is -2.27. The molecule has 3 aromatic carbocycles. The maximum Gasteiger partial charge on any atom is 0.262 e. The number of hydrogen-bond acceptors (Lipinski definition) is 4. The van der Waals surface area contributed by atoms with E-state index in [9.17, 15) is 22.0 Å². The van der Waals surface area contributed by atoms with Gasteiger partial charge in [-0.05, 0) is 42.8 Å². The van der Waals surface area contributed by atoms with Crippen molar-refractivity contribution in [2.45, 2.75) is 17.9 Å². The van der Waals surface area contributed by atoms with Crippen LogP contribution in [-0.4, -0.2) is 20.9 Å². The van der Waals surface area contributed by atoms with E-state index < -0.39 is 45.9 Å². The van der Waals surface area contributed by atoms with Gasteiger partial charge in [-0.25, -0.2) is 21.9 Å². The Labute approximate surface area is 189 Å². The number of ether oxygens (including phenoxy) is 1. The number of hydrogen-bond donors (Lipinski definition) is 2. The van der Waals surface area contributed by atoms with Gasteiger partial charge in [0, 0.05) is 6.04 Å². The van der Waals surface area contributed by atoms with E-state index in [1.165, 1.54) is 24.3 Å². The normalized spacial score (nSPS) is 12.2. The maximum absolute atomic E-state index is 13.6. The van der Waals surface area contributed by atoms with Gasteiger partial charge in [0.15, 0.2) is 6.61 Å². The highest BCUT2D eigenvalue weighted by Crippen LogP contribution is 2.28. The summed E-state index contributed by atoms with van der Waals surface area (Å²) in [4.78, 5) is 11.9. The molecule has 2 N–H and O–H groups in total. The van der Waals surface area contributed by atoms with Crippen LogP contribution >= 0.6 is 11.6 Å². The zero-order chi connectivity index (χ0) is 23.3. The van der Waals surface area contributed by atoms with Crippen molar-refractivity contribution in [1.82, 2.24) is 4.72 Å². The molecular formula is C22H19ClF2N2O4S. The third-order valence-electron chi connectivity index (χ3n) is 4.43. The van der Waals surface area contributed by atoms with Crippen LogP contribution < -0.4 is 14.8 Å². The van der Waals surface area contributed by atoms with Crippen LogP contribution in [0.1, 0.15) is 18.5 Å². The van der Waals surface area contributed by atoms with Crippen molar-refractivity contribution in [3.63, 3.8) is 0 Å². The minimum atomic E-state index is -3.88. The molecule has 6 nitrogen and oxygen atoms in total. The van der Waals surface area contributed by atoms with E-state index in [4.69, 9.17) is 16.3 Å². The van der Waals surface area contributed by atoms with Crippen molar-refractivity contribution in [1.29, 1.82) is 0 Å². The Balaban J connectivity index is 1.65. The van der Waals surface area contributed by atoms with Gasteiger partial charge in [-0.2, -0.15) is 0 Å². The number of carbonyl (C=O) groups excluding carboxylic acids is 1. The van der Waals surface area contributed by atoms with Gasteiger partial charge in [0.1, 0.15) is 23.1 Å². The Bertz CT molecular complexity index is 1200. The fourth-order valence-corrected chi connectivity index (χ4v) is 4.37. The summed E-state index contributed by atoms with van der Waals surface area (Å²) in [6, 6.07) is 15.5. The lowest BCUT2D eigenvalue weighted by molar-refractivity contribution is -0.118. The van der Waals surface area contributed by atoms with E-state index in [1.54, 1.807) is 31.2 Å². The minimum Gasteiger partial charge on any atom is -0.482 e. The first-order valence-corrected chi connectivity index (χ1v) is 11.3. The average molecular weight is 481 g/mol. The number of amides is 1. The number of nitrogens with one attached hydrogen (secondary N) is 2. The van der Waals surface area contributed by atoms with Crippen molar-refractivity contribution in [2.75, 3.05) is 11.9 Å². The van der Waals surface area contributed by atoms with Gasteiger partial charge in [-0.3, -0.25) is 4.79 Å². The third kappa shape index (κ3) is 5.82. The second-order valence-electron chi connectivity index (χ2n) is 6.78. The van der Waals surface area contributed by atoms with Crippen molar-refractivity contribution < 1.29 is 26.7 Å². The van der Waals surface area contributed by atoms with Gasteiger partial charge in [0.25, 0.3) is 5.91 Å². The summed E-state index contributed by atoms with van der Waals surface area (Å²) in [5.41, 5.74) is 0.201. The molecule has 0 radical (unpaired) electrons. The molecule has 1 amide bonds. The Hall–Kier alpha value is -3.01. The third-order valence-corrected chi connectivity index (χ3v) is 6.26. The average Bonchev–Trinajstić information content (AvgIpc) is 2.76. The first-order chi connectivity index (χ1) is 15.2. The number of anilines is 1. The molecule has 1 atom stereocenters. The second-order valence-corrected chi connectivity index (χ2v) is 8.90. The molecule has 0 fully saturated rings. The van der Waals surface area contributed by atoms with E-state index in [0.29, 0.717) is 0 Å². The van der Waals surface area contributed by atoms with Gasteiger partial charge in [0.2, 0.25) is 10.0 Å². The number of carbonyl (C=O) groups is 1. The predicted molar refractivity (Wildman–Crippen MR) is 117 cm³/mol. The molecule has 0 aliphatic carbocycles. The lowest BCUT2D eigenvalue weighted by atomic mass is 10.1. The van der Waals surface area contributed by atoms with Crippen LogP contribution in [0, 0.1) is 11.6 Å². The summed E-state index contributed by atoms with van der Waals surface area (Å²) < 4.78 is 60.4. The first kappa shape index (κ1) is 23.6. The zero-order valence-electron chi connectivity index (χ0n) is 16.8. The molecule has 3 aromatic rings. The molecule has 0 aliphatic rings. The van der Waals surface area contributed by atoms with Crippen molar-refractivity contribution in [3.05, 3.63) is 89.0 Å². The Morgan fingerprint density at radius 1 is 1.03 bits per heavy atom. The molecule has 10 heteroatoms. The van der Waals surface area contributed by atoms with E-state index in [2.05, 4.69) is 10.0 Å². The van der Waals surface area contributed by atoms with Crippen molar-refractivity contribution in [2.24, 2.45) is 0 Å². The predicted octanol–water partition coefficient (Wildman–Crippen LogP) is 4.68. The van der Waals surface area contributed by atoms with Crippen LogP contribution in [0.3, 0.4) is 0 Å². The summed E-state index contributed by atoms with van der Waals surface area (Å²) in [6.07, 6.45) is 0. The maximum atomic E-state index is 13.6. The highest BCUT2D eigenvalue weighted by molar-refractivity contribution is 7.89. The number of sulfonamides is 1. The fourth-order valence-electron chi connectivity index (χ4n) is 2.81. The number of halogens is 3. The fraction of sp³-hybridized carbons (Fsp3) is 0.136. The number of benzene rings is 3. The van der Waals surface area contributed by atoms with E-state index in [-0.39, 0.29) is 15.7 Å². The quantitative estimate of drug-likeness (QED) is 0.490. The summed E-state index contributed by atoms with van der Waals surface area (Å²) >= 11 is 6.11. The van der Waals surface area contributed by atoms with Crippen LogP contribution in [0.5, 0.6) is 5.75 Å². The molecule has 0 aromatic heterocycles. The molecule has 168 valence electrons. The number of para-hydroxylation sites is 1. The van der Waals surface area contributed by atoms with Crippen LogP contribution in [0.15, 0.2) is 71.6 Å². The lowest BCUT2D eigenvalue weighted by Gasteiger charge is -2.15. The zero-order valence-corrected chi connectivity index (χ0v) is 18.4. The molecular weight excluding hydrogens is 462 g/mol. The van der Waals surface area contributed by atoms with Gasteiger partial charge in [-0.15, -0.1) is 0 Å². The first-order valence-electron chi connectivity index (χ1n) is 9.41. The summed E-state index contributed by atoms with van der Waals surface area (Å²) in [5, 5.41) is 2.03. The largest absolute Gasteiger partial charge is 0.482 e. The van der Waals surface area contributed by atoms with Gasteiger partial charge in [0.05, 0.1) is 9.92 Å². The molecule has 0 unspecified atom stereocenters. The molecule has 0 bridgehead atoms. The summed E-state index contributed by atoms with van der Waals surface area (Å²) in [6.45, 7) is 1.12. The van der Waals surface area contributed by atoms with E-state index >= 15 is 0 Å². The molecule has 0 saturated carbocycles. The molecule has 3 rings (SSSR count). The van der Waals surface area contributed by atoms with Crippen LogP contribution in [0.25, 0.3) is 0 Å². The topological polar surface area (TPSA) is 84.5 Å². The van der Waals surface area contributed by atoms with Gasteiger partial charge in [-0.1, -0.05) is 48.0 Å². The Morgan fingerprint density at radius 3 is 2.31 bits per heavy atom. The van der Waals surface area contributed by atoms with Gasteiger partial charge < -0.3 is 10.1 Å². The highest BCUT2D eigenvalue weighted by atomic mass is 35.5. The smallest absolute Gasteiger partial charge is 0.262 e. The Morgan fingerprint density at radius 2 is 1.69 bits per heavy atom. The van der Waals surface area contributed by atoms with Crippen molar-refractivity contribution in [3.8, 4) is 5.75 Å². The summed E-state index contributed by atoms with van der Waals surface area (Å²) in [7, 11) is -3.88.